The summed E-state index contributed by atoms with van der Waals surface area (Å²) in [5.74, 6) is 0.290. The lowest BCUT2D eigenvalue weighted by Gasteiger charge is -2.11. The van der Waals surface area contributed by atoms with Crippen LogP contribution in [-0.4, -0.2) is 34.0 Å². The number of aliphatic imine (C=N–C) groups is 1. The van der Waals surface area contributed by atoms with Crippen LogP contribution in [0.25, 0.3) is 0 Å². The van der Waals surface area contributed by atoms with Crippen molar-refractivity contribution in [3.63, 3.8) is 0 Å². The van der Waals surface area contributed by atoms with Gasteiger partial charge in [0.15, 0.2) is 5.96 Å². The van der Waals surface area contributed by atoms with E-state index in [-0.39, 0.29) is 36.3 Å². The molecule has 2 aromatic rings. The molecule has 6 nitrogen and oxygen atoms in total. The summed E-state index contributed by atoms with van der Waals surface area (Å²) in [5, 5.41) is 7.86. The Kier molecular flexibility index (Phi) is 10.1. The van der Waals surface area contributed by atoms with Crippen molar-refractivity contribution in [3.05, 3.63) is 53.2 Å². The van der Waals surface area contributed by atoms with Crippen molar-refractivity contribution in [3.8, 4) is 0 Å². The summed E-state index contributed by atoms with van der Waals surface area (Å²) < 4.78 is 39.7. The number of nitrogens with zero attached hydrogens (tertiary/aromatic N) is 1. The number of nitrogens with one attached hydrogen (secondary N) is 3. The Balaban J connectivity index is 0.00000338. The van der Waals surface area contributed by atoms with Gasteiger partial charge < -0.3 is 10.6 Å². The average Bonchev–Trinajstić information content (AvgIpc) is 3.13. The minimum absolute atomic E-state index is 0. The molecule has 0 aliphatic heterocycles. The summed E-state index contributed by atoms with van der Waals surface area (Å²) in [6.45, 7) is 3.64. The predicted octanol–water partition coefficient (Wildman–Crippen LogP) is 2.54. The Labute approximate surface area is 174 Å². The van der Waals surface area contributed by atoms with Gasteiger partial charge in [-0.25, -0.2) is 22.5 Å². The average molecular weight is 512 g/mol. The smallest absolute Gasteiger partial charge is 0.250 e. The van der Waals surface area contributed by atoms with E-state index in [1.54, 1.807) is 29.6 Å². The fourth-order valence-corrected chi connectivity index (χ4v) is 4.03. The normalized spacial score (nSPS) is 11.7. The summed E-state index contributed by atoms with van der Waals surface area (Å²) in [5.41, 5.74) is 0.886. The number of guanidine groups is 1. The molecule has 0 unspecified atom stereocenters. The molecular formula is C16H22FIN4O2S2. The number of halogens is 2. The van der Waals surface area contributed by atoms with Crippen LogP contribution in [0.2, 0.25) is 0 Å². The van der Waals surface area contributed by atoms with Gasteiger partial charge in [0.05, 0.1) is 6.54 Å². The molecule has 0 bridgehead atoms. The number of rotatable bonds is 8. The molecular weight excluding hydrogens is 490 g/mol. The molecule has 0 radical (unpaired) electrons. The highest BCUT2D eigenvalue weighted by Crippen LogP contribution is 2.14. The molecule has 0 saturated heterocycles. The molecule has 2 rings (SSSR count). The summed E-state index contributed by atoms with van der Waals surface area (Å²) >= 11 is 1.18. The maximum atomic E-state index is 12.9. The third-order valence-corrected chi connectivity index (χ3v) is 6.01. The van der Waals surface area contributed by atoms with E-state index in [0.29, 0.717) is 29.8 Å². The van der Waals surface area contributed by atoms with Crippen LogP contribution in [-0.2, 0) is 16.6 Å². The molecule has 1 heterocycles. The Hall–Kier alpha value is -1.24. The van der Waals surface area contributed by atoms with Crippen LogP contribution < -0.4 is 15.4 Å². The van der Waals surface area contributed by atoms with Gasteiger partial charge in [0.2, 0.25) is 10.0 Å². The summed E-state index contributed by atoms with van der Waals surface area (Å²) in [4.78, 5) is 4.39. The fourth-order valence-electron chi connectivity index (χ4n) is 1.96. The Morgan fingerprint density at radius 1 is 1.15 bits per heavy atom. The van der Waals surface area contributed by atoms with Crippen molar-refractivity contribution in [2.45, 2.75) is 17.7 Å². The zero-order valence-electron chi connectivity index (χ0n) is 14.2. The van der Waals surface area contributed by atoms with Gasteiger partial charge in [-0.15, -0.1) is 35.3 Å². The number of sulfonamides is 1. The van der Waals surface area contributed by atoms with E-state index in [4.69, 9.17) is 0 Å². The molecule has 10 heteroatoms. The Bertz CT molecular complexity index is 781. The summed E-state index contributed by atoms with van der Waals surface area (Å²) in [6, 6.07) is 9.40. The first-order valence-electron chi connectivity index (χ1n) is 7.81. The van der Waals surface area contributed by atoms with Crippen molar-refractivity contribution in [2.24, 2.45) is 4.99 Å². The van der Waals surface area contributed by atoms with Crippen molar-refractivity contribution in [2.75, 3.05) is 19.6 Å². The van der Waals surface area contributed by atoms with E-state index in [1.807, 2.05) is 6.92 Å². The molecule has 3 N–H and O–H groups in total. The van der Waals surface area contributed by atoms with Crippen LogP contribution in [0.3, 0.4) is 0 Å². The molecule has 0 spiro atoms. The number of thiophene rings is 1. The first-order chi connectivity index (χ1) is 12.0. The molecule has 0 amide bonds. The van der Waals surface area contributed by atoms with E-state index in [2.05, 4.69) is 20.3 Å². The van der Waals surface area contributed by atoms with Crippen molar-refractivity contribution >= 4 is 51.3 Å². The molecule has 144 valence electrons. The lowest BCUT2D eigenvalue weighted by molar-refractivity contribution is 0.582. The highest BCUT2D eigenvalue weighted by atomic mass is 127. The first kappa shape index (κ1) is 22.8. The van der Waals surface area contributed by atoms with Crippen LogP contribution in [0.5, 0.6) is 0 Å². The summed E-state index contributed by atoms with van der Waals surface area (Å²) in [6.07, 6.45) is 0. The standard InChI is InChI=1S/C16H21FN4O2S2.HI/c1-2-18-16(20-12-13-5-7-14(17)8-6-13)19-9-10-21-25(22,23)15-4-3-11-24-15;/h3-8,11,21H,2,9-10,12H2,1H3,(H2,18,19,20);1H. The van der Waals surface area contributed by atoms with Gasteiger partial charge in [0.25, 0.3) is 0 Å². The van der Waals surface area contributed by atoms with E-state index in [0.717, 1.165) is 5.56 Å². The zero-order valence-corrected chi connectivity index (χ0v) is 18.2. The van der Waals surface area contributed by atoms with Gasteiger partial charge in [0.1, 0.15) is 10.0 Å². The second-order valence-electron chi connectivity index (χ2n) is 5.08. The Morgan fingerprint density at radius 2 is 1.88 bits per heavy atom. The number of benzene rings is 1. The maximum Gasteiger partial charge on any atom is 0.250 e. The molecule has 1 aromatic heterocycles. The minimum atomic E-state index is -3.45. The van der Waals surface area contributed by atoms with Gasteiger partial charge in [-0.3, -0.25) is 0 Å². The molecule has 0 aliphatic rings. The lowest BCUT2D eigenvalue weighted by Crippen LogP contribution is -2.41. The zero-order chi connectivity index (χ0) is 18.1. The van der Waals surface area contributed by atoms with Gasteiger partial charge in [-0.05, 0) is 36.1 Å². The molecule has 0 saturated carbocycles. The van der Waals surface area contributed by atoms with E-state index >= 15 is 0 Å². The molecule has 0 fully saturated rings. The highest BCUT2D eigenvalue weighted by molar-refractivity contribution is 14.0. The third-order valence-electron chi connectivity index (χ3n) is 3.15. The van der Waals surface area contributed by atoms with Crippen LogP contribution in [0.15, 0.2) is 51.0 Å². The SMILES string of the molecule is CCNC(=NCc1ccc(F)cc1)NCCNS(=O)(=O)c1cccs1.I. The quantitative estimate of drug-likeness (QED) is 0.220. The highest BCUT2D eigenvalue weighted by Gasteiger charge is 2.13. The van der Waals surface area contributed by atoms with Gasteiger partial charge in [0, 0.05) is 19.6 Å². The maximum absolute atomic E-state index is 12.9. The van der Waals surface area contributed by atoms with E-state index in [1.165, 1.54) is 23.5 Å². The third kappa shape index (κ3) is 7.56. The monoisotopic (exact) mass is 512 g/mol. The fraction of sp³-hybridized carbons (Fsp3) is 0.312. The second kappa shape index (κ2) is 11.5. The van der Waals surface area contributed by atoms with Gasteiger partial charge in [-0.1, -0.05) is 18.2 Å². The largest absolute Gasteiger partial charge is 0.357 e. The Morgan fingerprint density at radius 3 is 2.50 bits per heavy atom. The minimum Gasteiger partial charge on any atom is -0.357 e. The molecule has 0 atom stereocenters. The van der Waals surface area contributed by atoms with Crippen LogP contribution in [0.1, 0.15) is 12.5 Å². The van der Waals surface area contributed by atoms with Crippen LogP contribution in [0.4, 0.5) is 4.39 Å². The molecule has 26 heavy (non-hydrogen) atoms. The van der Waals surface area contributed by atoms with E-state index in [9.17, 15) is 12.8 Å². The second-order valence-corrected chi connectivity index (χ2v) is 8.02. The summed E-state index contributed by atoms with van der Waals surface area (Å²) in [7, 11) is -3.45. The van der Waals surface area contributed by atoms with E-state index < -0.39 is 10.0 Å². The molecule has 0 aliphatic carbocycles. The topological polar surface area (TPSA) is 82.6 Å². The first-order valence-corrected chi connectivity index (χ1v) is 10.2. The lowest BCUT2D eigenvalue weighted by atomic mass is 10.2. The van der Waals surface area contributed by atoms with Crippen molar-refractivity contribution < 1.29 is 12.8 Å². The molecule has 1 aromatic carbocycles. The predicted molar refractivity (Wildman–Crippen MR) is 114 cm³/mol. The van der Waals surface area contributed by atoms with Gasteiger partial charge >= 0.3 is 0 Å². The van der Waals surface area contributed by atoms with Gasteiger partial charge in [-0.2, -0.15) is 0 Å². The number of hydrogen-bond acceptors (Lipinski definition) is 4. The van der Waals surface area contributed by atoms with Crippen LogP contribution in [0, 0.1) is 5.82 Å². The van der Waals surface area contributed by atoms with Crippen molar-refractivity contribution in [1.29, 1.82) is 0 Å². The van der Waals surface area contributed by atoms with Crippen LogP contribution >= 0.6 is 35.3 Å². The van der Waals surface area contributed by atoms with Crippen molar-refractivity contribution in [1.82, 2.24) is 15.4 Å². The number of hydrogen-bond donors (Lipinski definition) is 3.